The van der Waals surface area contributed by atoms with Gasteiger partial charge in [0, 0.05) is 37.7 Å². The highest BCUT2D eigenvalue weighted by Gasteiger charge is 2.20. The van der Waals surface area contributed by atoms with Gasteiger partial charge >= 0.3 is 0 Å². The molecule has 0 atom stereocenters. The van der Waals surface area contributed by atoms with Gasteiger partial charge in [-0.25, -0.2) is 9.97 Å². The smallest absolute Gasteiger partial charge is 0.160 e. The summed E-state index contributed by atoms with van der Waals surface area (Å²) in [5.41, 5.74) is 14.4. The van der Waals surface area contributed by atoms with Crippen molar-refractivity contribution in [3.8, 4) is 50.6 Å². The molecule has 10 rings (SSSR count). The summed E-state index contributed by atoms with van der Waals surface area (Å²) < 4.78 is 4.64. The molecular weight excluding hydrogens is 711 g/mol. The van der Waals surface area contributed by atoms with Crippen LogP contribution < -0.4 is 0 Å². The molecular formula is C53H37N3S. The Bertz CT molecular complexity index is 3200. The molecule has 0 amide bonds. The Kier molecular flexibility index (Phi) is 8.74. The van der Waals surface area contributed by atoms with Crippen molar-refractivity contribution in [2.24, 2.45) is 0 Å². The molecule has 7 aromatic carbocycles. The van der Waals surface area contributed by atoms with Crippen LogP contribution in [0.5, 0.6) is 0 Å². The highest BCUT2D eigenvalue weighted by atomic mass is 32.1. The van der Waals surface area contributed by atoms with Gasteiger partial charge < -0.3 is 4.57 Å². The highest BCUT2D eigenvalue weighted by molar-refractivity contribution is 7.26. The van der Waals surface area contributed by atoms with Gasteiger partial charge in [-0.2, -0.15) is 0 Å². The lowest BCUT2D eigenvalue weighted by atomic mass is 9.96. The van der Waals surface area contributed by atoms with E-state index in [0.29, 0.717) is 5.82 Å². The van der Waals surface area contributed by atoms with Crippen molar-refractivity contribution < 1.29 is 0 Å². The number of allylic oxidation sites excluding steroid dienone is 5. The van der Waals surface area contributed by atoms with E-state index in [0.717, 1.165) is 65.9 Å². The number of hydrogen-bond donors (Lipinski definition) is 0. The van der Waals surface area contributed by atoms with Crippen LogP contribution >= 0.6 is 11.3 Å². The van der Waals surface area contributed by atoms with Gasteiger partial charge in [0.25, 0.3) is 0 Å². The lowest BCUT2D eigenvalue weighted by Gasteiger charge is -2.11. The number of aromatic nitrogens is 3. The summed E-state index contributed by atoms with van der Waals surface area (Å²) in [6, 6.07) is 60.7. The predicted octanol–water partition coefficient (Wildman–Crippen LogP) is 14.8. The number of fused-ring (bicyclic) bond motifs is 6. The van der Waals surface area contributed by atoms with Gasteiger partial charge in [0.15, 0.2) is 5.82 Å². The summed E-state index contributed by atoms with van der Waals surface area (Å²) in [4.78, 5) is 10.7. The van der Waals surface area contributed by atoms with Crippen molar-refractivity contribution >= 4 is 59.0 Å². The first-order chi connectivity index (χ1) is 28.2. The summed E-state index contributed by atoms with van der Waals surface area (Å²) in [5, 5.41) is 3.64. The second kappa shape index (κ2) is 14.5. The second-order valence-corrected chi connectivity index (χ2v) is 15.2. The zero-order valence-corrected chi connectivity index (χ0v) is 32.2. The standard InChI is InChI=1S/C53H37N3S/c1-3-5-17-35(4-2)37-20-15-23-41(33-37)50-52-51(55-53(54-50)36-18-8-6-9-19-36)49-43(27-16-29-48(49)57-52)40-22-14-21-38(32-40)39-30-31-45-44-26-12-13-28-46(44)56(47(45)34-39)42-24-10-7-11-25-42/h3-34H,1H2,2H3/b17-5-,35-4+. The van der Waals surface area contributed by atoms with Gasteiger partial charge in [-0.15, -0.1) is 11.3 Å². The summed E-state index contributed by atoms with van der Waals surface area (Å²) in [6.07, 6.45) is 8.01. The Morgan fingerprint density at radius 3 is 2.14 bits per heavy atom. The van der Waals surface area contributed by atoms with E-state index < -0.39 is 0 Å². The summed E-state index contributed by atoms with van der Waals surface area (Å²) in [6.45, 7) is 5.94. The molecule has 4 heteroatoms. The minimum absolute atomic E-state index is 0.715. The average molecular weight is 748 g/mol. The number of nitrogens with zero attached hydrogens (tertiary/aromatic N) is 3. The van der Waals surface area contributed by atoms with Crippen molar-refractivity contribution in [1.82, 2.24) is 14.5 Å². The van der Waals surface area contributed by atoms with E-state index in [1.807, 2.05) is 30.4 Å². The van der Waals surface area contributed by atoms with Crippen LogP contribution in [0.2, 0.25) is 0 Å². The molecule has 3 nitrogen and oxygen atoms in total. The van der Waals surface area contributed by atoms with Crippen LogP contribution in [-0.2, 0) is 0 Å². The third-order valence-electron chi connectivity index (χ3n) is 10.8. The average Bonchev–Trinajstić information content (AvgIpc) is 3.83. The Hall–Kier alpha value is -7.14. The monoisotopic (exact) mass is 747 g/mol. The molecule has 0 aliphatic heterocycles. The van der Waals surface area contributed by atoms with E-state index in [1.165, 1.54) is 32.1 Å². The van der Waals surface area contributed by atoms with Gasteiger partial charge in [0.1, 0.15) is 0 Å². The van der Waals surface area contributed by atoms with E-state index in [9.17, 15) is 0 Å². The van der Waals surface area contributed by atoms with Crippen molar-refractivity contribution in [1.29, 1.82) is 0 Å². The van der Waals surface area contributed by atoms with Crippen LogP contribution in [0.25, 0.3) is 98.3 Å². The Balaban J connectivity index is 1.15. The Morgan fingerprint density at radius 2 is 1.30 bits per heavy atom. The minimum atomic E-state index is 0.715. The Labute approximate surface area is 335 Å². The molecule has 0 N–H and O–H groups in total. The third kappa shape index (κ3) is 6.08. The molecule has 0 bridgehead atoms. The van der Waals surface area contributed by atoms with Crippen LogP contribution in [0.1, 0.15) is 12.5 Å². The first kappa shape index (κ1) is 34.4. The van der Waals surface area contributed by atoms with Crippen molar-refractivity contribution in [2.45, 2.75) is 6.92 Å². The van der Waals surface area contributed by atoms with Crippen molar-refractivity contribution in [3.05, 3.63) is 206 Å². The first-order valence-electron chi connectivity index (χ1n) is 19.2. The van der Waals surface area contributed by atoms with Gasteiger partial charge in [0.05, 0.1) is 26.9 Å². The molecule has 0 radical (unpaired) electrons. The molecule has 3 heterocycles. The molecule has 0 saturated heterocycles. The van der Waals surface area contributed by atoms with Gasteiger partial charge in [-0.05, 0) is 82.8 Å². The number of thiophene rings is 1. The molecule has 0 saturated carbocycles. The maximum atomic E-state index is 5.36. The first-order valence-corrected chi connectivity index (χ1v) is 20.0. The number of para-hydroxylation sites is 2. The topological polar surface area (TPSA) is 30.7 Å². The summed E-state index contributed by atoms with van der Waals surface area (Å²) in [7, 11) is 0. The van der Waals surface area contributed by atoms with Crippen molar-refractivity contribution in [2.75, 3.05) is 0 Å². The normalized spacial score (nSPS) is 12.1. The molecule has 0 aliphatic rings. The Morgan fingerprint density at radius 1 is 0.596 bits per heavy atom. The number of benzene rings is 7. The van der Waals surface area contributed by atoms with E-state index in [2.05, 4.69) is 182 Å². The van der Waals surface area contributed by atoms with E-state index in [-0.39, 0.29) is 0 Å². The zero-order valence-electron chi connectivity index (χ0n) is 31.4. The van der Waals surface area contributed by atoms with Gasteiger partial charge in [-0.3, -0.25) is 0 Å². The van der Waals surface area contributed by atoms with E-state index in [4.69, 9.17) is 9.97 Å². The quantitative estimate of drug-likeness (QED) is 0.145. The molecule has 0 aliphatic carbocycles. The molecule has 0 spiro atoms. The van der Waals surface area contributed by atoms with Crippen LogP contribution in [-0.4, -0.2) is 14.5 Å². The fraction of sp³-hybridized carbons (Fsp3) is 0.0189. The van der Waals surface area contributed by atoms with Crippen LogP contribution in [0, 0.1) is 0 Å². The maximum Gasteiger partial charge on any atom is 0.160 e. The van der Waals surface area contributed by atoms with Crippen molar-refractivity contribution in [3.63, 3.8) is 0 Å². The van der Waals surface area contributed by atoms with E-state index in [1.54, 1.807) is 11.3 Å². The molecule has 10 aromatic rings. The summed E-state index contributed by atoms with van der Waals surface area (Å²) in [5.74, 6) is 0.715. The van der Waals surface area contributed by atoms with E-state index >= 15 is 0 Å². The van der Waals surface area contributed by atoms with Crippen LogP contribution in [0.15, 0.2) is 201 Å². The fourth-order valence-corrected chi connectivity index (χ4v) is 9.27. The minimum Gasteiger partial charge on any atom is -0.309 e. The largest absolute Gasteiger partial charge is 0.309 e. The lowest BCUT2D eigenvalue weighted by molar-refractivity contribution is 1.18. The van der Waals surface area contributed by atoms with Crippen LogP contribution in [0.3, 0.4) is 0 Å². The molecule has 57 heavy (non-hydrogen) atoms. The second-order valence-electron chi connectivity index (χ2n) is 14.1. The summed E-state index contributed by atoms with van der Waals surface area (Å²) >= 11 is 1.76. The van der Waals surface area contributed by atoms with Gasteiger partial charge in [-0.1, -0.05) is 158 Å². The molecule has 0 fully saturated rings. The molecule has 270 valence electrons. The van der Waals surface area contributed by atoms with Crippen LogP contribution in [0.4, 0.5) is 0 Å². The fourth-order valence-electron chi connectivity index (χ4n) is 8.09. The number of rotatable bonds is 8. The highest BCUT2D eigenvalue weighted by Crippen LogP contribution is 2.44. The molecule has 0 unspecified atom stereocenters. The lowest BCUT2D eigenvalue weighted by Crippen LogP contribution is -1.94. The SMILES string of the molecule is C=C/C=C\C(=C/C)c1cccc(-c2nc(-c3ccccc3)nc3c2sc2cccc(-c4cccc(-c5ccc6c7ccccc7n(-c7ccccc7)c6c5)c4)c23)c1. The van der Waals surface area contributed by atoms with Gasteiger partial charge in [0.2, 0.25) is 0 Å². The zero-order chi connectivity index (χ0) is 38.3. The number of hydrogen-bond acceptors (Lipinski definition) is 3. The third-order valence-corrected chi connectivity index (χ3v) is 11.9. The molecule has 3 aromatic heterocycles. The maximum absolute atomic E-state index is 5.36. The predicted molar refractivity (Wildman–Crippen MR) is 244 cm³/mol.